The molecule has 1 aromatic heterocycles. The molecule has 59 heavy (non-hydrogen) atoms. The number of carbonyl (C=O) groups excluding carboxylic acids is 4. The molecule has 1 aromatic carbocycles. The number of fused-ring (bicyclic) bond motifs is 1. The molecule has 1 N–H and O–H groups in total. The van der Waals surface area contributed by atoms with Crippen LogP contribution in [0.25, 0.3) is 0 Å². The standard InChI is InChI=1S/C45H62N4O8S2/c1-10-31-25-43(31,40(53)47-58(54,55)34-17-12-11-13-18-34)27-37(51)36-26-45(42(7,8)44(45)20-16-21-44)29-49(36)39(52)35(30(2)3)24-33(50)23-32(41(4,5)6)28-48(9)59(56,57)38-19-14-15-22-46-38/h10-15,17-19,22,30-32,35-36H,1,16,20-21,23-29H2,2-9H3,(H,47,53)/t31-,32-,35+,36+,43-,45-/m1/s1. The molecular formula is C45H62N4O8S2. The van der Waals surface area contributed by atoms with Crippen LogP contribution in [0.1, 0.15) is 99.8 Å². The van der Waals surface area contributed by atoms with E-state index in [-0.39, 0.29) is 87.7 Å². The Labute approximate surface area is 351 Å². The molecule has 2 amide bonds. The Hall–Kier alpha value is -3.75. The van der Waals surface area contributed by atoms with Crippen LogP contribution in [-0.2, 0) is 39.2 Å². The predicted octanol–water partition coefficient (Wildman–Crippen LogP) is 6.44. The lowest BCUT2D eigenvalue weighted by atomic mass is 9.73. The Kier molecular flexibility index (Phi) is 11.9. The molecule has 6 atom stereocenters. The normalized spacial score (nSPS) is 26.6. The molecule has 4 fully saturated rings. The van der Waals surface area contributed by atoms with E-state index in [0.29, 0.717) is 13.0 Å². The smallest absolute Gasteiger partial charge is 0.264 e. The van der Waals surface area contributed by atoms with Gasteiger partial charge in [0.15, 0.2) is 10.8 Å². The third kappa shape index (κ3) is 7.75. The van der Waals surface area contributed by atoms with E-state index in [1.54, 1.807) is 41.3 Å². The van der Waals surface area contributed by atoms with Gasteiger partial charge in [-0.2, -0.15) is 4.31 Å². The van der Waals surface area contributed by atoms with Gasteiger partial charge < -0.3 is 4.90 Å². The van der Waals surface area contributed by atoms with Crippen LogP contribution in [0.15, 0.2) is 77.3 Å². The van der Waals surface area contributed by atoms with E-state index in [9.17, 15) is 36.0 Å². The van der Waals surface area contributed by atoms with E-state index in [1.165, 1.54) is 35.7 Å². The number of hydrogen-bond acceptors (Lipinski definition) is 9. The summed E-state index contributed by atoms with van der Waals surface area (Å²) in [5, 5.41) is -0.0765. The number of aromatic nitrogens is 1. The van der Waals surface area contributed by atoms with Crippen LogP contribution in [0.2, 0.25) is 0 Å². The van der Waals surface area contributed by atoms with E-state index in [2.05, 4.69) is 30.1 Å². The van der Waals surface area contributed by atoms with Gasteiger partial charge in [0.2, 0.25) is 11.8 Å². The molecule has 12 nitrogen and oxygen atoms in total. The fourth-order valence-corrected chi connectivity index (χ4v) is 13.0. The zero-order valence-corrected chi connectivity index (χ0v) is 37.5. The summed E-state index contributed by atoms with van der Waals surface area (Å²) in [4.78, 5) is 63.3. The maximum Gasteiger partial charge on any atom is 0.264 e. The number of rotatable bonds is 17. The summed E-state index contributed by atoms with van der Waals surface area (Å²) in [6.07, 6.45) is 6.56. The SMILES string of the molecule is C=C[C@@H]1C[C@]1(CC(=O)[C@@H]1C[C@@]2(CN1C(=O)[C@@H](CC(=O)C[C@H](CN(C)S(=O)(=O)c1ccccn1)C(C)(C)C)C(C)C)C(C)(C)C21CCC1)C(=O)NS(=O)(=O)c1ccccc1. The number of carbonyl (C=O) groups is 4. The Morgan fingerprint density at radius 1 is 0.966 bits per heavy atom. The van der Waals surface area contributed by atoms with E-state index >= 15 is 0 Å². The van der Waals surface area contributed by atoms with Crippen molar-refractivity contribution < 1.29 is 36.0 Å². The zero-order chi connectivity index (χ0) is 43.6. The van der Waals surface area contributed by atoms with Crippen LogP contribution >= 0.6 is 0 Å². The van der Waals surface area contributed by atoms with Crippen molar-refractivity contribution in [2.45, 2.75) is 116 Å². The topological polar surface area (TPSA) is 168 Å². The van der Waals surface area contributed by atoms with Gasteiger partial charge >= 0.3 is 0 Å². The summed E-state index contributed by atoms with van der Waals surface area (Å²) >= 11 is 0. The van der Waals surface area contributed by atoms with E-state index in [4.69, 9.17) is 0 Å². The number of Topliss-reactive ketones (excluding diaryl/α,β-unsaturated/α-hetero) is 2. The number of hydrogen-bond donors (Lipinski definition) is 1. The fourth-order valence-electron chi connectivity index (χ4n) is 10.8. The highest BCUT2D eigenvalue weighted by molar-refractivity contribution is 7.90. The molecule has 322 valence electrons. The second-order valence-corrected chi connectivity index (χ2v) is 23.4. The van der Waals surface area contributed by atoms with E-state index < -0.39 is 54.7 Å². The molecule has 4 aliphatic rings. The summed E-state index contributed by atoms with van der Waals surface area (Å²) in [5.74, 6) is -3.27. The monoisotopic (exact) mass is 850 g/mol. The maximum atomic E-state index is 15.0. The van der Waals surface area contributed by atoms with Gasteiger partial charge in [0.1, 0.15) is 5.78 Å². The average molecular weight is 851 g/mol. The highest BCUT2D eigenvalue weighted by Gasteiger charge is 2.85. The first-order valence-electron chi connectivity index (χ1n) is 20.9. The third-order valence-corrected chi connectivity index (χ3v) is 18.3. The summed E-state index contributed by atoms with van der Waals surface area (Å²) in [5.41, 5.74) is -2.19. The fraction of sp³-hybridized carbons (Fsp3) is 0.622. The van der Waals surface area contributed by atoms with Crippen LogP contribution in [0.3, 0.4) is 0 Å². The lowest BCUT2D eigenvalue weighted by Crippen LogP contribution is -2.47. The van der Waals surface area contributed by atoms with Crippen molar-refractivity contribution in [1.82, 2.24) is 18.9 Å². The Balaban J connectivity index is 1.23. The first kappa shape index (κ1) is 44.8. The van der Waals surface area contributed by atoms with Gasteiger partial charge in [0.05, 0.1) is 16.4 Å². The minimum absolute atomic E-state index is 0.000323. The van der Waals surface area contributed by atoms with Crippen LogP contribution in [0.4, 0.5) is 0 Å². The zero-order valence-electron chi connectivity index (χ0n) is 35.9. The third-order valence-electron chi connectivity index (χ3n) is 15.2. The van der Waals surface area contributed by atoms with Crippen molar-refractivity contribution in [2.24, 2.45) is 50.7 Å². The molecule has 0 bridgehead atoms. The summed E-state index contributed by atoms with van der Waals surface area (Å²) in [6.45, 7) is 18.4. The molecule has 14 heteroatoms. The van der Waals surface area contributed by atoms with Crippen molar-refractivity contribution in [3.63, 3.8) is 0 Å². The van der Waals surface area contributed by atoms with Crippen LogP contribution < -0.4 is 4.72 Å². The lowest BCUT2D eigenvalue weighted by molar-refractivity contribution is -0.144. The number of allylic oxidation sites excluding steroid dienone is 1. The van der Waals surface area contributed by atoms with Crippen LogP contribution in [-0.4, -0.2) is 80.6 Å². The van der Waals surface area contributed by atoms with Gasteiger partial charge in [-0.1, -0.05) is 85.2 Å². The number of benzene rings is 1. The highest BCUT2D eigenvalue weighted by Crippen LogP contribution is 2.88. The van der Waals surface area contributed by atoms with Crippen molar-refractivity contribution in [2.75, 3.05) is 20.1 Å². The molecule has 1 saturated heterocycles. The predicted molar refractivity (Wildman–Crippen MR) is 224 cm³/mol. The number of sulfonamides is 2. The first-order valence-corrected chi connectivity index (χ1v) is 23.8. The van der Waals surface area contributed by atoms with Gasteiger partial charge in [-0.25, -0.2) is 26.5 Å². The lowest BCUT2D eigenvalue weighted by Gasteiger charge is -2.34. The first-order chi connectivity index (χ1) is 27.4. The number of nitrogens with zero attached hydrogens (tertiary/aromatic N) is 3. The second kappa shape index (κ2) is 15.6. The molecule has 3 aliphatic carbocycles. The number of likely N-dealkylation sites (tertiary alicyclic amines) is 1. The average Bonchev–Trinajstić information content (AvgIpc) is 3.88. The van der Waals surface area contributed by atoms with Crippen LogP contribution in [0.5, 0.6) is 0 Å². The molecule has 2 spiro atoms. The molecule has 2 aromatic rings. The second-order valence-electron chi connectivity index (χ2n) is 19.7. The van der Waals surface area contributed by atoms with E-state index in [0.717, 1.165) is 19.3 Å². The molecular weight excluding hydrogens is 789 g/mol. The minimum atomic E-state index is -4.20. The van der Waals surface area contributed by atoms with Crippen molar-refractivity contribution in [1.29, 1.82) is 0 Å². The molecule has 0 radical (unpaired) electrons. The molecule has 2 heterocycles. The van der Waals surface area contributed by atoms with Gasteiger partial charge in [-0.3, -0.25) is 19.2 Å². The van der Waals surface area contributed by atoms with Gasteiger partial charge in [0.25, 0.3) is 20.0 Å². The maximum absolute atomic E-state index is 15.0. The summed E-state index contributed by atoms with van der Waals surface area (Å²) in [6, 6.07) is 11.4. The summed E-state index contributed by atoms with van der Waals surface area (Å²) < 4.78 is 56.7. The van der Waals surface area contributed by atoms with Crippen molar-refractivity contribution >= 4 is 43.4 Å². The number of nitrogens with one attached hydrogen (secondary N) is 1. The van der Waals surface area contributed by atoms with Gasteiger partial charge in [-0.15, -0.1) is 6.58 Å². The Bertz CT molecular complexity index is 2200. The number of amides is 2. The van der Waals surface area contributed by atoms with Crippen molar-refractivity contribution in [3.8, 4) is 0 Å². The molecule has 6 rings (SSSR count). The highest BCUT2D eigenvalue weighted by atomic mass is 32.2. The molecule has 1 aliphatic heterocycles. The number of pyridine rings is 1. The Morgan fingerprint density at radius 2 is 1.61 bits per heavy atom. The Morgan fingerprint density at radius 3 is 2.12 bits per heavy atom. The van der Waals surface area contributed by atoms with Crippen molar-refractivity contribution in [3.05, 3.63) is 67.4 Å². The molecule has 0 unspecified atom stereocenters. The van der Waals surface area contributed by atoms with Gasteiger partial charge in [0, 0.05) is 56.9 Å². The largest absolute Gasteiger partial charge is 0.332 e. The van der Waals surface area contributed by atoms with E-state index in [1.807, 2.05) is 34.6 Å². The van der Waals surface area contributed by atoms with Crippen LogP contribution in [0, 0.1) is 50.7 Å². The summed E-state index contributed by atoms with van der Waals surface area (Å²) in [7, 11) is -6.63. The quantitative estimate of drug-likeness (QED) is 0.176. The van der Waals surface area contributed by atoms with Gasteiger partial charge in [-0.05, 0) is 83.9 Å². The number of ketones is 2. The minimum Gasteiger partial charge on any atom is -0.332 e. The molecule has 3 saturated carbocycles.